The molecular formula is C11H13N7O2. The lowest BCUT2D eigenvalue weighted by molar-refractivity contribution is 0.709. The van der Waals surface area contributed by atoms with Crippen LogP contribution in [0, 0.1) is 0 Å². The molecule has 0 fully saturated rings. The van der Waals surface area contributed by atoms with E-state index in [2.05, 4.69) is 25.3 Å². The van der Waals surface area contributed by atoms with Gasteiger partial charge in [0.05, 0.1) is 6.54 Å². The summed E-state index contributed by atoms with van der Waals surface area (Å²) in [6.07, 6.45) is 3.37. The van der Waals surface area contributed by atoms with Crippen molar-refractivity contribution < 1.29 is 0 Å². The quantitative estimate of drug-likeness (QED) is 0.584. The third-order valence-corrected chi connectivity index (χ3v) is 3.07. The molecule has 0 saturated carbocycles. The third-order valence-electron chi connectivity index (χ3n) is 3.07. The monoisotopic (exact) mass is 275 g/mol. The number of rotatable bonds is 3. The van der Waals surface area contributed by atoms with Crippen LogP contribution in [0.15, 0.2) is 22.0 Å². The van der Waals surface area contributed by atoms with Crippen LogP contribution in [-0.2, 0) is 20.6 Å². The molecule has 0 aliphatic carbocycles. The van der Waals surface area contributed by atoms with Crippen molar-refractivity contribution in [3.63, 3.8) is 0 Å². The van der Waals surface area contributed by atoms with E-state index in [1.165, 1.54) is 11.6 Å². The van der Waals surface area contributed by atoms with Gasteiger partial charge < -0.3 is 15.3 Å². The normalized spacial score (nSPS) is 11.1. The highest BCUT2D eigenvalue weighted by Gasteiger charge is 2.13. The Balaban J connectivity index is 2.03. The topological polar surface area (TPSA) is 113 Å². The van der Waals surface area contributed by atoms with E-state index in [1.54, 1.807) is 19.4 Å². The first kappa shape index (κ1) is 12.2. The van der Waals surface area contributed by atoms with Gasteiger partial charge in [0.1, 0.15) is 5.82 Å². The number of imidazole rings is 2. The fourth-order valence-electron chi connectivity index (χ4n) is 1.97. The van der Waals surface area contributed by atoms with Crippen LogP contribution in [0.5, 0.6) is 0 Å². The molecule has 0 unspecified atom stereocenters. The van der Waals surface area contributed by atoms with Gasteiger partial charge in [-0.25, -0.2) is 9.78 Å². The molecule has 0 aliphatic heterocycles. The SMILES string of the molecule is Cn1c(=O)c2[nH]c(NCc3ncc[nH]3)nc2n(C)c1=O. The molecule has 3 heterocycles. The number of anilines is 1. The van der Waals surface area contributed by atoms with Gasteiger partial charge in [0, 0.05) is 26.5 Å². The van der Waals surface area contributed by atoms with Crippen molar-refractivity contribution in [2.75, 3.05) is 5.32 Å². The number of fused-ring (bicyclic) bond motifs is 1. The molecule has 0 radical (unpaired) electrons. The Morgan fingerprint density at radius 2 is 2.10 bits per heavy atom. The molecule has 0 atom stereocenters. The Morgan fingerprint density at radius 1 is 1.30 bits per heavy atom. The van der Waals surface area contributed by atoms with Crippen LogP contribution in [0.3, 0.4) is 0 Å². The second kappa shape index (κ2) is 4.37. The molecule has 0 bridgehead atoms. The number of aryl methyl sites for hydroxylation is 1. The largest absolute Gasteiger partial charge is 0.349 e. The highest BCUT2D eigenvalue weighted by Crippen LogP contribution is 2.08. The summed E-state index contributed by atoms with van der Waals surface area (Å²) in [5, 5.41) is 3.01. The fraction of sp³-hybridized carbons (Fsp3) is 0.273. The maximum Gasteiger partial charge on any atom is 0.332 e. The van der Waals surface area contributed by atoms with Crippen LogP contribution in [0.4, 0.5) is 5.95 Å². The number of nitrogens with zero attached hydrogens (tertiary/aromatic N) is 4. The molecule has 9 heteroatoms. The van der Waals surface area contributed by atoms with Crippen molar-refractivity contribution in [2.24, 2.45) is 14.1 Å². The maximum atomic E-state index is 12.0. The van der Waals surface area contributed by atoms with E-state index >= 15 is 0 Å². The number of hydrogen-bond donors (Lipinski definition) is 3. The van der Waals surface area contributed by atoms with E-state index in [0.29, 0.717) is 18.1 Å². The average molecular weight is 275 g/mol. The highest BCUT2D eigenvalue weighted by atomic mass is 16.2. The number of H-pyrrole nitrogens is 2. The van der Waals surface area contributed by atoms with Gasteiger partial charge in [-0.2, -0.15) is 4.98 Å². The van der Waals surface area contributed by atoms with Crippen LogP contribution in [0.25, 0.3) is 11.2 Å². The first-order valence-electron chi connectivity index (χ1n) is 5.96. The molecular weight excluding hydrogens is 262 g/mol. The summed E-state index contributed by atoms with van der Waals surface area (Å²) in [6, 6.07) is 0. The smallest absolute Gasteiger partial charge is 0.332 e. The zero-order valence-corrected chi connectivity index (χ0v) is 11.0. The van der Waals surface area contributed by atoms with Gasteiger partial charge in [0.25, 0.3) is 5.56 Å². The molecule has 20 heavy (non-hydrogen) atoms. The minimum atomic E-state index is -0.411. The van der Waals surface area contributed by atoms with Gasteiger partial charge in [-0.3, -0.25) is 13.9 Å². The second-order valence-electron chi connectivity index (χ2n) is 4.38. The Labute approximate surface area is 112 Å². The molecule has 0 spiro atoms. The zero-order chi connectivity index (χ0) is 14.3. The Kier molecular flexibility index (Phi) is 2.67. The lowest BCUT2D eigenvalue weighted by Gasteiger charge is -2.00. The van der Waals surface area contributed by atoms with Gasteiger partial charge in [-0.05, 0) is 0 Å². The van der Waals surface area contributed by atoms with Crippen molar-refractivity contribution in [2.45, 2.75) is 6.54 Å². The van der Waals surface area contributed by atoms with Crippen molar-refractivity contribution in [1.82, 2.24) is 29.1 Å². The molecule has 3 aromatic heterocycles. The molecule has 3 N–H and O–H groups in total. The van der Waals surface area contributed by atoms with Crippen molar-refractivity contribution in [1.29, 1.82) is 0 Å². The first-order chi connectivity index (χ1) is 9.58. The van der Waals surface area contributed by atoms with Crippen LogP contribution in [0.2, 0.25) is 0 Å². The molecule has 9 nitrogen and oxygen atoms in total. The van der Waals surface area contributed by atoms with E-state index in [4.69, 9.17) is 0 Å². The number of aromatic nitrogens is 6. The van der Waals surface area contributed by atoms with Crippen molar-refractivity contribution in [3.8, 4) is 0 Å². The van der Waals surface area contributed by atoms with Crippen LogP contribution >= 0.6 is 0 Å². The predicted octanol–water partition coefficient (Wildman–Crippen LogP) is -0.705. The van der Waals surface area contributed by atoms with Crippen molar-refractivity contribution in [3.05, 3.63) is 39.1 Å². The summed E-state index contributed by atoms with van der Waals surface area (Å²) < 4.78 is 2.36. The van der Waals surface area contributed by atoms with E-state index in [1.807, 2.05) is 0 Å². The molecule has 0 amide bonds. The summed E-state index contributed by atoms with van der Waals surface area (Å²) in [7, 11) is 3.00. The maximum absolute atomic E-state index is 12.0. The molecule has 0 saturated heterocycles. The van der Waals surface area contributed by atoms with Crippen LogP contribution < -0.4 is 16.6 Å². The third kappa shape index (κ3) is 1.79. The summed E-state index contributed by atoms with van der Waals surface area (Å²) in [5.74, 6) is 1.15. The van der Waals surface area contributed by atoms with E-state index < -0.39 is 11.2 Å². The standard InChI is InChI=1S/C11H13N7O2/c1-17-8-7(9(19)18(2)11(17)20)15-10(16-8)14-5-6-12-3-4-13-6/h3-4H,5H2,1-2H3,(H,12,13)(H2,14,15,16). The summed E-state index contributed by atoms with van der Waals surface area (Å²) in [5.41, 5.74) is -0.204. The number of aromatic amines is 2. The van der Waals surface area contributed by atoms with Crippen molar-refractivity contribution >= 4 is 17.1 Å². The zero-order valence-electron chi connectivity index (χ0n) is 11.0. The minimum absolute atomic E-state index is 0.288. The Bertz CT molecular complexity index is 869. The Hall–Kier alpha value is -2.84. The molecule has 3 rings (SSSR count). The minimum Gasteiger partial charge on any atom is -0.349 e. The van der Waals surface area contributed by atoms with E-state index in [0.717, 1.165) is 10.4 Å². The Morgan fingerprint density at radius 3 is 2.80 bits per heavy atom. The predicted molar refractivity (Wildman–Crippen MR) is 72.5 cm³/mol. The summed E-state index contributed by atoms with van der Waals surface area (Å²) in [6.45, 7) is 0.432. The lowest BCUT2D eigenvalue weighted by atomic mass is 10.5. The second-order valence-corrected chi connectivity index (χ2v) is 4.38. The molecule has 104 valence electrons. The van der Waals surface area contributed by atoms with Gasteiger partial charge in [-0.1, -0.05) is 0 Å². The van der Waals surface area contributed by atoms with Crippen LogP contribution in [-0.4, -0.2) is 29.1 Å². The van der Waals surface area contributed by atoms with E-state index in [-0.39, 0.29) is 5.52 Å². The molecule has 0 aliphatic rings. The molecule has 3 aromatic rings. The van der Waals surface area contributed by atoms with Gasteiger partial charge >= 0.3 is 5.69 Å². The fourth-order valence-corrected chi connectivity index (χ4v) is 1.97. The number of nitrogens with one attached hydrogen (secondary N) is 3. The molecule has 0 aromatic carbocycles. The van der Waals surface area contributed by atoms with Gasteiger partial charge in [-0.15, -0.1) is 0 Å². The average Bonchev–Trinajstić information content (AvgIpc) is 3.09. The highest BCUT2D eigenvalue weighted by molar-refractivity contribution is 5.72. The van der Waals surface area contributed by atoms with E-state index in [9.17, 15) is 9.59 Å². The summed E-state index contributed by atoms with van der Waals surface area (Å²) >= 11 is 0. The van der Waals surface area contributed by atoms with Crippen LogP contribution in [0.1, 0.15) is 5.82 Å². The summed E-state index contributed by atoms with van der Waals surface area (Å²) in [4.78, 5) is 37.9. The van der Waals surface area contributed by atoms with Gasteiger partial charge in [0.2, 0.25) is 5.95 Å². The van der Waals surface area contributed by atoms with Gasteiger partial charge in [0.15, 0.2) is 11.2 Å². The number of hydrogen-bond acceptors (Lipinski definition) is 5. The lowest BCUT2D eigenvalue weighted by Crippen LogP contribution is -2.36. The first-order valence-corrected chi connectivity index (χ1v) is 5.96.